The Bertz CT molecular complexity index is 310. The lowest BCUT2D eigenvalue weighted by atomic mass is 10.5. The highest BCUT2D eigenvalue weighted by Gasteiger charge is 1.92. The van der Waals surface area contributed by atoms with Crippen LogP contribution in [0.15, 0.2) is 12.3 Å². The molecule has 0 saturated heterocycles. The van der Waals surface area contributed by atoms with Crippen LogP contribution in [0.3, 0.4) is 0 Å². The summed E-state index contributed by atoms with van der Waals surface area (Å²) in [5.41, 5.74) is 0. The van der Waals surface area contributed by atoms with Gasteiger partial charge >= 0.3 is 0 Å². The minimum absolute atomic E-state index is 0.283. The fourth-order valence-electron chi connectivity index (χ4n) is 0.960. The Balaban J connectivity index is 0.000000360. The molecule has 0 radical (unpaired) electrons. The van der Waals surface area contributed by atoms with E-state index in [9.17, 15) is 0 Å². The fraction of sp³-hybridized carbons (Fsp3) is 0.667. The summed E-state index contributed by atoms with van der Waals surface area (Å²) in [6.07, 6.45) is 2.70. The van der Waals surface area contributed by atoms with Gasteiger partial charge in [0.1, 0.15) is 5.82 Å². The number of hydrogen-bond acceptors (Lipinski definition) is 5. The van der Waals surface area contributed by atoms with Crippen LogP contribution in [-0.4, -0.2) is 55.8 Å². The van der Waals surface area contributed by atoms with Gasteiger partial charge in [-0.15, -0.1) is 0 Å². The summed E-state index contributed by atoms with van der Waals surface area (Å²) in [5.74, 6) is 0.784. The highest BCUT2D eigenvalue weighted by molar-refractivity contribution is 6.28. The normalized spacial score (nSPS) is 9.89. The van der Waals surface area contributed by atoms with Gasteiger partial charge in [-0.25, -0.2) is 9.97 Å². The van der Waals surface area contributed by atoms with Crippen molar-refractivity contribution in [2.75, 3.05) is 46.2 Å². The molecule has 0 saturated carbocycles. The quantitative estimate of drug-likeness (QED) is 0.806. The van der Waals surface area contributed by atoms with Crippen LogP contribution in [0, 0.1) is 0 Å². The van der Waals surface area contributed by atoms with E-state index in [4.69, 9.17) is 16.3 Å². The standard InChI is InChI=1S/C7H10ClN3.C5H13NO/c1-2-4-9-6-3-5-10-7(8)11-6;1-6(2)4-5-7-3/h3,5H,2,4H2,1H3,(H,9,10,11);4-5H2,1-3H3. The third-order valence-electron chi connectivity index (χ3n) is 1.92. The molecule has 5 nitrogen and oxygen atoms in total. The molecule has 6 heteroatoms. The van der Waals surface area contributed by atoms with Gasteiger partial charge < -0.3 is 15.0 Å². The highest BCUT2D eigenvalue weighted by atomic mass is 35.5. The van der Waals surface area contributed by atoms with Gasteiger partial charge in [-0.05, 0) is 38.2 Å². The Morgan fingerprint density at radius 2 is 2.17 bits per heavy atom. The van der Waals surface area contributed by atoms with E-state index in [0.29, 0.717) is 0 Å². The number of rotatable bonds is 6. The van der Waals surface area contributed by atoms with Crippen LogP contribution in [0.4, 0.5) is 5.82 Å². The minimum atomic E-state index is 0.283. The molecule has 0 spiro atoms. The zero-order valence-corrected chi connectivity index (χ0v) is 12.4. The Labute approximate surface area is 115 Å². The first-order valence-corrected chi connectivity index (χ1v) is 6.34. The van der Waals surface area contributed by atoms with Gasteiger partial charge in [-0.1, -0.05) is 6.92 Å². The van der Waals surface area contributed by atoms with Crippen molar-refractivity contribution in [3.63, 3.8) is 0 Å². The third-order valence-corrected chi connectivity index (χ3v) is 2.11. The molecule has 1 N–H and O–H groups in total. The van der Waals surface area contributed by atoms with Crippen molar-refractivity contribution >= 4 is 17.4 Å². The summed E-state index contributed by atoms with van der Waals surface area (Å²) in [6.45, 7) is 4.84. The minimum Gasteiger partial charge on any atom is -0.383 e. The van der Waals surface area contributed by atoms with E-state index < -0.39 is 0 Å². The molecule has 1 heterocycles. The molecular weight excluding hydrogens is 252 g/mol. The molecule has 18 heavy (non-hydrogen) atoms. The molecule has 1 rings (SSSR count). The van der Waals surface area contributed by atoms with E-state index in [0.717, 1.165) is 31.9 Å². The summed E-state index contributed by atoms with van der Waals surface area (Å²) in [7, 11) is 5.77. The topological polar surface area (TPSA) is 50.3 Å². The average molecular weight is 275 g/mol. The van der Waals surface area contributed by atoms with Crippen molar-refractivity contribution in [3.05, 3.63) is 17.5 Å². The Morgan fingerprint density at radius 3 is 2.61 bits per heavy atom. The third kappa shape index (κ3) is 10.3. The summed E-state index contributed by atoms with van der Waals surface area (Å²) in [5, 5.41) is 3.38. The second-order valence-electron chi connectivity index (χ2n) is 3.93. The number of nitrogens with one attached hydrogen (secondary N) is 1. The summed E-state index contributed by atoms with van der Waals surface area (Å²) >= 11 is 5.56. The maximum absolute atomic E-state index is 5.56. The molecule has 0 bridgehead atoms. The predicted octanol–water partition coefficient (Wildman–Crippen LogP) is 2.15. The Hall–Kier alpha value is -0.910. The van der Waals surface area contributed by atoms with E-state index in [-0.39, 0.29) is 5.28 Å². The van der Waals surface area contributed by atoms with Gasteiger partial charge in [0, 0.05) is 26.4 Å². The molecule has 1 aromatic heterocycles. The SMILES string of the molecule is CCCNc1ccnc(Cl)n1.COCCN(C)C. The molecular formula is C12H23ClN4O. The molecule has 0 aliphatic rings. The van der Waals surface area contributed by atoms with Gasteiger partial charge in [0.2, 0.25) is 5.28 Å². The van der Waals surface area contributed by atoms with Gasteiger partial charge in [0.15, 0.2) is 0 Å². The van der Waals surface area contributed by atoms with Crippen molar-refractivity contribution in [3.8, 4) is 0 Å². The lowest BCUT2D eigenvalue weighted by Gasteiger charge is -2.06. The summed E-state index contributed by atoms with van der Waals surface area (Å²) < 4.78 is 4.81. The average Bonchev–Trinajstić information content (AvgIpc) is 2.34. The fourth-order valence-corrected chi connectivity index (χ4v) is 1.11. The van der Waals surface area contributed by atoms with Crippen LogP contribution in [0.5, 0.6) is 0 Å². The molecule has 0 atom stereocenters. The van der Waals surface area contributed by atoms with Gasteiger partial charge in [0.25, 0.3) is 0 Å². The van der Waals surface area contributed by atoms with E-state index in [1.165, 1.54) is 0 Å². The van der Waals surface area contributed by atoms with Crippen LogP contribution >= 0.6 is 11.6 Å². The van der Waals surface area contributed by atoms with E-state index in [1.807, 2.05) is 14.1 Å². The van der Waals surface area contributed by atoms with Crippen LogP contribution < -0.4 is 5.32 Å². The number of methoxy groups -OCH3 is 1. The second kappa shape index (κ2) is 11.2. The maximum atomic E-state index is 5.56. The molecule has 0 fully saturated rings. The summed E-state index contributed by atoms with van der Waals surface area (Å²) in [4.78, 5) is 9.80. The molecule has 0 unspecified atom stereocenters. The molecule has 0 aliphatic carbocycles. The lowest BCUT2D eigenvalue weighted by Crippen LogP contribution is -2.16. The van der Waals surface area contributed by atoms with E-state index >= 15 is 0 Å². The first kappa shape index (κ1) is 17.1. The van der Waals surface area contributed by atoms with Crippen molar-refractivity contribution in [1.82, 2.24) is 14.9 Å². The van der Waals surface area contributed by atoms with Crippen molar-refractivity contribution in [2.45, 2.75) is 13.3 Å². The Morgan fingerprint density at radius 1 is 1.44 bits per heavy atom. The molecule has 0 aromatic carbocycles. The molecule has 0 aliphatic heterocycles. The number of halogens is 1. The largest absolute Gasteiger partial charge is 0.383 e. The van der Waals surface area contributed by atoms with Crippen molar-refractivity contribution < 1.29 is 4.74 Å². The number of hydrogen-bond donors (Lipinski definition) is 1. The van der Waals surface area contributed by atoms with Crippen molar-refractivity contribution in [2.24, 2.45) is 0 Å². The molecule has 1 aromatic rings. The van der Waals surface area contributed by atoms with Crippen LogP contribution in [0.2, 0.25) is 5.28 Å². The first-order chi connectivity index (χ1) is 8.60. The number of nitrogens with zero attached hydrogens (tertiary/aromatic N) is 3. The molecule has 104 valence electrons. The summed E-state index contributed by atoms with van der Waals surface area (Å²) in [6, 6.07) is 1.79. The zero-order valence-electron chi connectivity index (χ0n) is 11.6. The number of ether oxygens (including phenoxy) is 1. The zero-order chi connectivity index (χ0) is 13.8. The smallest absolute Gasteiger partial charge is 0.224 e. The van der Waals surface area contributed by atoms with E-state index in [1.54, 1.807) is 19.4 Å². The highest BCUT2D eigenvalue weighted by Crippen LogP contribution is 2.04. The lowest BCUT2D eigenvalue weighted by molar-refractivity contribution is 0.172. The number of likely N-dealkylation sites (N-methyl/N-ethyl adjacent to an activating group) is 1. The van der Waals surface area contributed by atoms with E-state index in [2.05, 4.69) is 27.1 Å². The number of aromatic nitrogens is 2. The molecule has 0 amide bonds. The van der Waals surface area contributed by atoms with Crippen molar-refractivity contribution in [1.29, 1.82) is 0 Å². The Kier molecular flexibility index (Phi) is 10.6. The van der Waals surface area contributed by atoms with Crippen LogP contribution in [0.25, 0.3) is 0 Å². The predicted molar refractivity (Wildman–Crippen MR) is 76.3 cm³/mol. The van der Waals surface area contributed by atoms with Crippen LogP contribution in [0.1, 0.15) is 13.3 Å². The second-order valence-corrected chi connectivity index (χ2v) is 4.27. The maximum Gasteiger partial charge on any atom is 0.224 e. The number of anilines is 1. The first-order valence-electron chi connectivity index (χ1n) is 5.96. The van der Waals surface area contributed by atoms with Gasteiger partial charge in [0.05, 0.1) is 6.61 Å². The van der Waals surface area contributed by atoms with Gasteiger partial charge in [-0.3, -0.25) is 0 Å². The van der Waals surface area contributed by atoms with Crippen LogP contribution in [-0.2, 0) is 4.74 Å². The monoisotopic (exact) mass is 274 g/mol. The van der Waals surface area contributed by atoms with Gasteiger partial charge in [-0.2, -0.15) is 0 Å².